The predicted octanol–water partition coefficient (Wildman–Crippen LogP) is 2.94. The Kier molecular flexibility index (Phi) is 7.83. The highest BCUT2D eigenvalue weighted by molar-refractivity contribution is 5.80. The van der Waals surface area contributed by atoms with Crippen molar-refractivity contribution in [1.29, 1.82) is 0 Å². The average Bonchev–Trinajstić information content (AvgIpc) is 2.70. The molecule has 28 heavy (non-hydrogen) atoms. The summed E-state index contributed by atoms with van der Waals surface area (Å²) in [5.74, 6) is -0.0588. The molecule has 7 nitrogen and oxygen atoms in total. The van der Waals surface area contributed by atoms with E-state index in [1.807, 2.05) is 31.2 Å². The van der Waals surface area contributed by atoms with E-state index < -0.39 is 18.7 Å². The van der Waals surface area contributed by atoms with Crippen LogP contribution in [0.3, 0.4) is 0 Å². The first-order valence-electron chi connectivity index (χ1n) is 8.88. The Labute approximate surface area is 164 Å². The molecule has 0 aromatic heterocycles. The minimum Gasteiger partial charge on any atom is -0.497 e. The summed E-state index contributed by atoms with van der Waals surface area (Å²) in [4.78, 5) is 22.9. The number of methoxy groups -OCH3 is 1. The third kappa shape index (κ3) is 6.59. The maximum Gasteiger partial charge on any atom is 0.341 e. The molecule has 0 aliphatic carbocycles. The molecule has 2 aromatic rings. The van der Waals surface area contributed by atoms with E-state index in [9.17, 15) is 9.59 Å². The van der Waals surface area contributed by atoms with Gasteiger partial charge in [-0.05, 0) is 49.2 Å². The molecule has 0 aliphatic rings. The third-order valence-corrected chi connectivity index (χ3v) is 4.10. The Hall–Kier alpha value is -3.06. The van der Waals surface area contributed by atoms with Gasteiger partial charge in [0.2, 0.25) is 5.91 Å². The van der Waals surface area contributed by atoms with Crippen molar-refractivity contribution in [2.24, 2.45) is 0 Å². The lowest BCUT2D eigenvalue weighted by Crippen LogP contribution is -2.36. The van der Waals surface area contributed by atoms with Gasteiger partial charge in [-0.15, -0.1) is 0 Å². The zero-order chi connectivity index (χ0) is 20.5. The molecular weight excluding hydrogens is 362 g/mol. The van der Waals surface area contributed by atoms with Gasteiger partial charge in [0.05, 0.1) is 19.8 Å². The van der Waals surface area contributed by atoms with Gasteiger partial charge in [0.15, 0.2) is 6.61 Å². The second kappa shape index (κ2) is 10.3. The zero-order valence-corrected chi connectivity index (χ0v) is 16.2. The molecule has 0 bridgehead atoms. The van der Waals surface area contributed by atoms with Crippen molar-refractivity contribution >= 4 is 11.9 Å². The predicted molar refractivity (Wildman–Crippen MR) is 103 cm³/mol. The minimum atomic E-state index is -1.03. The molecular formula is C21H25NO6. The average molecular weight is 387 g/mol. The van der Waals surface area contributed by atoms with Crippen molar-refractivity contribution in [3.8, 4) is 11.5 Å². The maximum absolute atomic E-state index is 12.4. The fourth-order valence-corrected chi connectivity index (χ4v) is 2.47. The monoisotopic (exact) mass is 387 g/mol. The Morgan fingerprint density at radius 2 is 1.79 bits per heavy atom. The summed E-state index contributed by atoms with van der Waals surface area (Å²) in [5.41, 5.74) is 1.79. The molecule has 0 heterocycles. The minimum absolute atomic E-state index is 0.221. The largest absolute Gasteiger partial charge is 0.497 e. The summed E-state index contributed by atoms with van der Waals surface area (Å²) >= 11 is 0. The lowest BCUT2D eigenvalue weighted by atomic mass is 10.1. The first kappa shape index (κ1) is 21.2. The number of hydrogen-bond donors (Lipinski definition) is 2. The van der Waals surface area contributed by atoms with Gasteiger partial charge >= 0.3 is 5.97 Å². The second-order valence-corrected chi connectivity index (χ2v) is 6.29. The zero-order valence-electron chi connectivity index (χ0n) is 16.2. The molecule has 7 heteroatoms. The summed E-state index contributed by atoms with van der Waals surface area (Å²) in [6, 6.07) is 14.2. The topological polar surface area (TPSA) is 94.1 Å². The van der Waals surface area contributed by atoms with Gasteiger partial charge in [-0.2, -0.15) is 0 Å². The summed E-state index contributed by atoms with van der Waals surface area (Å²) < 4.78 is 15.9. The number of ether oxygens (including phenoxy) is 3. The van der Waals surface area contributed by atoms with E-state index in [1.165, 1.54) is 0 Å². The van der Waals surface area contributed by atoms with E-state index >= 15 is 0 Å². The van der Waals surface area contributed by atoms with Crippen molar-refractivity contribution < 1.29 is 28.9 Å². The number of carboxylic acid groups (broad SMARTS) is 1. The van der Waals surface area contributed by atoms with Crippen LogP contribution < -0.4 is 14.8 Å². The summed E-state index contributed by atoms with van der Waals surface area (Å²) in [5, 5.41) is 11.5. The van der Waals surface area contributed by atoms with Crippen LogP contribution in [-0.4, -0.2) is 36.8 Å². The lowest BCUT2D eigenvalue weighted by Gasteiger charge is -2.19. The van der Waals surface area contributed by atoms with Gasteiger partial charge in [0.1, 0.15) is 17.6 Å². The normalized spacial score (nSPS) is 12.7. The van der Waals surface area contributed by atoms with Crippen LogP contribution in [-0.2, 0) is 20.9 Å². The lowest BCUT2D eigenvalue weighted by molar-refractivity contribution is -0.139. The number of hydrogen-bond acceptors (Lipinski definition) is 5. The van der Waals surface area contributed by atoms with Crippen LogP contribution in [0, 0.1) is 0 Å². The number of aliphatic carboxylic acids is 1. The van der Waals surface area contributed by atoms with Crippen LogP contribution in [0.2, 0.25) is 0 Å². The van der Waals surface area contributed by atoms with Gasteiger partial charge in [0.25, 0.3) is 0 Å². The molecule has 2 unspecified atom stereocenters. The van der Waals surface area contributed by atoms with E-state index in [4.69, 9.17) is 19.3 Å². The Balaban J connectivity index is 1.84. The van der Waals surface area contributed by atoms with Crippen molar-refractivity contribution in [2.45, 2.75) is 32.6 Å². The molecule has 0 saturated heterocycles. The fourth-order valence-electron chi connectivity index (χ4n) is 2.47. The molecule has 2 rings (SSSR count). The van der Waals surface area contributed by atoms with Gasteiger partial charge in [-0.25, -0.2) is 4.79 Å². The molecule has 0 saturated carbocycles. The standard InChI is InChI=1S/C21H25NO6/c1-14(17-7-9-18(10-8-17)28-13-20(23)24)22-21(25)15(2)27-12-16-5-4-6-19(11-16)26-3/h4-11,14-15H,12-13H2,1-3H3,(H,22,25)(H,23,24). The van der Waals surface area contributed by atoms with Gasteiger partial charge in [-0.1, -0.05) is 24.3 Å². The Morgan fingerprint density at radius 3 is 2.43 bits per heavy atom. The van der Waals surface area contributed by atoms with Gasteiger partial charge in [-0.3, -0.25) is 4.79 Å². The van der Waals surface area contributed by atoms with Crippen LogP contribution >= 0.6 is 0 Å². The molecule has 2 aromatic carbocycles. The number of carbonyl (C=O) groups is 2. The van der Waals surface area contributed by atoms with E-state index in [0.717, 1.165) is 16.9 Å². The highest BCUT2D eigenvalue weighted by atomic mass is 16.5. The van der Waals surface area contributed by atoms with E-state index in [2.05, 4.69) is 5.32 Å². The number of rotatable bonds is 10. The Bertz CT molecular complexity index is 790. The van der Waals surface area contributed by atoms with Crippen molar-refractivity contribution in [2.75, 3.05) is 13.7 Å². The smallest absolute Gasteiger partial charge is 0.341 e. The molecule has 0 spiro atoms. The van der Waals surface area contributed by atoms with Gasteiger partial charge in [0, 0.05) is 0 Å². The highest BCUT2D eigenvalue weighted by Gasteiger charge is 2.17. The van der Waals surface area contributed by atoms with Crippen molar-refractivity contribution in [3.05, 3.63) is 59.7 Å². The first-order valence-corrected chi connectivity index (χ1v) is 8.88. The van der Waals surface area contributed by atoms with Crippen LogP contribution in [0.15, 0.2) is 48.5 Å². The van der Waals surface area contributed by atoms with Crippen LogP contribution in [0.25, 0.3) is 0 Å². The molecule has 150 valence electrons. The van der Waals surface area contributed by atoms with Gasteiger partial charge < -0.3 is 24.6 Å². The molecule has 2 N–H and O–H groups in total. The molecule has 2 atom stereocenters. The summed E-state index contributed by atoms with van der Waals surface area (Å²) in [7, 11) is 1.60. The second-order valence-electron chi connectivity index (χ2n) is 6.29. The SMILES string of the molecule is COc1cccc(COC(C)C(=O)NC(C)c2ccc(OCC(=O)O)cc2)c1. The van der Waals surface area contributed by atoms with Crippen LogP contribution in [0.4, 0.5) is 0 Å². The number of benzene rings is 2. The van der Waals surface area contributed by atoms with Crippen molar-refractivity contribution in [3.63, 3.8) is 0 Å². The van der Waals surface area contributed by atoms with E-state index in [1.54, 1.807) is 38.3 Å². The first-order chi connectivity index (χ1) is 13.4. The highest BCUT2D eigenvalue weighted by Crippen LogP contribution is 2.18. The van der Waals surface area contributed by atoms with Crippen LogP contribution in [0.5, 0.6) is 11.5 Å². The third-order valence-electron chi connectivity index (χ3n) is 4.10. The Morgan fingerprint density at radius 1 is 1.07 bits per heavy atom. The number of nitrogens with one attached hydrogen (secondary N) is 1. The number of carboxylic acids is 1. The molecule has 0 radical (unpaired) electrons. The fraction of sp³-hybridized carbons (Fsp3) is 0.333. The van der Waals surface area contributed by atoms with E-state index in [0.29, 0.717) is 12.4 Å². The summed E-state index contributed by atoms with van der Waals surface area (Å²) in [6.45, 7) is 3.47. The quantitative estimate of drug-likeness (QED) is 0.651. The molecule has 1 amide bonds. The molecule has 0 fully saturated rings. The van der Waals surface area contributed by atoms with E-state index in [-0.39, 0.29) is 11.9 Å². The summed E-state index contributed by atoms with van der Waals surface area (Å²) in [6.07, 6.45) is -0.619. The maximum atomic E-state index is 12.4. The molecule has 0 aliphatic heterocycles. The van der Waals surface area contributed by atoms with Crippen molar-refractivity contribution in [1.82, 2.24) is 5.32 Å². The van der Waals surface area contributed by atoms with Crippen LogP contribution in [0.1, 0.15) is 31.0 Å². The number of amides is 1. The number of carbonyl (C=O) groups excluding carboxylic acids is 1.